The Kier molecular flexibility index (Phi) is 7.32. The Balaban J connectivity index is 1.47. The fraction of sp³-hybridized carbons (Fsp3) is 0.483. The highest BCUT2D eigenvalue weighted by Gasteiger charge is 2.43. The molecule has 1 aliphatic carbocycles. The number of carbonyl (C=O) groups is 2. The summed E-state index contributed by atoms with van der Waals surface area (Å²) in [5.74, 6) is -0.275. The molecule has 0 saturated heterocycles. The average Bonchev–Trinajstić information content (AvgIpc) is 2.98. The molecule has 2 aliphatic rings. The van der Waals surface area contributed by atoms with Crippen LogP contribution in [-0.4, -0.2) is 34.5 Å². The van der Waals surface area contributed by atoms with E-state index in [9.17, 15) is 19.1 Å². The minimum atomic E-state index is -1.10. The van der Waals surface area contributed by atoms with E-state index in [-0.39, 0.29) is 36.0 Å². The minimum absolute atomic E-state index is 0.0230. The van der Waals surface area contributed by atoms with Crippen LogP contribution < -0.4 is 5.32 Å². The molecule has 2 aromatic rings. The maximum absolute atomic E-state index is 14.2. The standard InChI is InChI=1S/C29H35FN2O4/c1-28(2,3)36-25(34)16-18-9-10-20(17-22(33)15-18)26-31-27(35)29(4,32-26)21-13-11-19(12-14-21)23-7-5-6-8-24(23)30/h5-8,11-14,18,20,22,33H,9-10,15-17H2,1-4H3,(H,31,32,35)/t18?,20?,22-,29-/m0/s1. The summed E-state index contributed by atoms with van der Waals surface area (Å²) in [6, 6.07) is 13.8. The Hall–Kier alpha value is -3.06. The number of rotatable bonds is 5. The van der Waals surface area contributed by atoms with Crippen molar-refractivity contribution in [2.75, 3.05) is 0 Å². The van der Waals surface area contributed by atoms with Gasteiger partial charge in [-0.3, -0.25) is 14.6 Å². The number of halogens is 1. The second kappa shape index (κ2) is 10.1. The predicted octanol–water partition coefficient (Wildman–Crippen LogP) is 5.14. The van der Waals surface area contributed by atoms with Gasteiger partial charge < -0.3 is 15.2 Å². The molecule has 0 aromatic heterocycles. The van der Waals surface area contributed by atoms with Crippen LogP contribution in [0.15, 0.2) is 53.5 Å². The Labute approximate surface area is 212 Å². The van der Waals surface area contributed by atoms with Gasteiger partial charge in [-0.25, -0.2) is 4.39 Å². The number of benzene rings is 2. The molecule has 7 heteroatoms. The summed E-state index contributed by atoms with van der Waals surface area (Å²) < 4.78 is 19.6. The number of hydrogen-bond acceptors (Lipinski definition) is 5. The van der Waals surface area contributed by atoms with Crippen LogP contribution in [-0.2, 0) is 19.9 Å². The molecule has 1 amide bonds. The zero-order chi connectivity index (χ0) is 26.1. The molecular formula is C29H35FN2O4. The van der Waals surface area contributed by atoms with E-state index in [1.165, 1.54) is 6.07 Å². The second-order valence-electron chi connectivity index (χ2n) is 11.1. The first-order valence-electron chi connectivity index (χ1n) is 12.6. The van der Waals surface area contributed by atoms with Gasteiger partial charge in [0.25, 0.3) is 5.91 Å². The monoisotopic (exact) mass is 494 g/mol. The van der Waals surface area contributed by atoms with Crippen LogP contribution in [0, 0.1) is 17.7 Å². The number of carbonyl (C=O) groups excluding carboxylic acids is 2. The molecule has 0 radical (unpaired) electrons. The van der Waals surface area contributed by atoms with E-state index in [1.807, 2.05) is 32.9 Å². The van der Waals surface area contributed by atoms with Crippen molar-refractivity contribution in [3.05, 3.63) is 59.9 Å². The number of hydrogen-bond donors (Lipinski definition) is 2. The van der Waals surface area contributed by atoms with E-state index >= 15 is 0 Å². The molecule has 4 atom stereocenters. The predicted molar refractivity (Wildman–Crippen MR) is 137 cm³/mol. The van der Waals surface area contributed by atoms with Gasteiger partial charge in [-0.15, -0.1) is 0 Å². The quantitative estimate of drug-likeness (QED) is 0.445. The van der Waals surface area contributed by atoms with Crippen molar-refractivity contribution in [3.8, 4) is 11.1 Å². The summed E-state index contributed by atoms with van der Waals surface area (Å²) in [7, 11) is 0. The van der Waals surface area contributed by atoms with Gasteiger partial charge in [-0.1, -0.05) is 42.5 Å². The Morgan fingerprint density at radius 2 is 1.83 bits per heavy atom. The second-order valence-corrected chi connectivity index (χ2v) is 11.1. The smallest absolute Gasteiger partial charge is 0.306 e. The number of aliphatic hydroxyl groups excluding tert-OH is 1. The number of amidine groups is 1. The highest BCUT2D eigenvalue weighted by Crippen LogP contribution is 2.36. The number of nitrogens with zero attached hydrogens (tertiary/aromatic N) is 1. The largest absolute Gasteiger partial charge is 0.460 e. The van der Waals surface area contributed by atoms with Gasteiger partial charge in [0.1, 0.15) is 17.3 Å². The molecule has 0 spiro atoms. The van der Waals surface area contributed by atoms with E-state index in [0.717, 1.165) is 12.0 Å². The van der Waals surface area contributed by atoms with E-state index in [2.05, 4.69) is 5.32 Å². The molecule has 4 rings (SSSR count). The maximum Gasteiger partial charge on any atom is 0.306 e. The zero-order valence-corrected chi connectivity index (χ0v) is 21.4. The van der Waals surface area contributed by atoms with Crippen molar-refractivity contribution >= 4 is 17.7 Å². The Morgan fingerprint density at radius 3 is 2.50 bits per heavy atom. The molecule has 1 saturated carbocycles. The first-order chi connectivity index (χ1) is 16.9. The molecule has 2 aromatic carbocycles. The van der Waals surface area contributed by atoms with Crippen molar-refractivity contribution in [1.29, 1.82) is 0 Å². The van der Waals surface area contributed by atoms with Crippen LogP contribution in [0.2, 0.25) is 0 Å². The van der Waals surface area contributed by atoms with Crippen molar-refractivity contribution in [3.63, 3.8) is 0 Å². The van der Waals surface area contributed by atoms with Gasteiger partial charge in [0.15, 0.2) is 5.54 Å². The van der Waals surface area contributed by atoms with Crippen molar-refractivity contribution < 1.29 is 23.8 Å². The van der Waals surface area contributed by atoms with Crippen LogP contribution in [0.1, 0.15) is 65.4 Å². The molecule has 1 heterocycles. The van der Waals surface area contributed by atoms with Crippen molar-refractivity contribution in [2.24, 2.45) is 16.8 Å². The van der Waals surface area contributed by atoms with Gasteiger partial charge >= 0.3 is 5.97 Å². The lowest BCUT2D eigenvalue weighted by Crippen LogP contribution is -2.37. The Bertz CT molecular complexity index is 1150. The third-order valence-electron chi connectivity index (χ3n) is 7.01. The fourth-order valence-corrected chi connectivity index (χ4v) is 5.15. The molecule has 2 N–H and O–H groups in total. The molecule has 6 nitrogen and oxygen atoms in total. The van der Waals surface area contributed by atoms with Crippen LogP contribution in [0.25, 0.3) is 11.1 Å². The van der Waals surface area contributed by atoms with Crippen LogP contribution >= 0.6 is 0 Å². The lowest BCUT2D eigenvalue weighted by atomic mass is 9.91. The van der Waals surface area contributed by atoms with Gasteiger partial charge in [0, 0.05) is 17.9 Å². The number of amides is 1. The summed E-state index contributed by atoms with van der Waals surface area (Å²) in [5, 5.41) is 13.6. The van der Waals surface area contributed by atoms with E-state index in [0.29, 0.717) is 36.2 Å². The minimum Gasteiger partial charge on any atom is -0.460 e. The normalized spacial score (nSPS) is 26.7. The third kappa shape index (κ3) is 5.84. The van der Waals surface area contributed by atoms with Crippen molar-refractivity contribution in [1.82, 2.24) is 5.32 Å². The lowest BCUT2D eigenvalue weighted by Gasteiger charge is -2.22. The summed E-state index contributed by atoms with van der Waals surface area (Å²) in [6.07, 6.45) is 2.14. The fourth-order valence-electron chi connectivity index (χ4n) is 5.15. The lowest BCUT2D eigenvalue weighted by molar-refractivity contribution is -0.156. The molecule has 2 unspecified atom stereocenters. The molecular weight excluding hydrogens is 459 g/mol. The number of nitrogens with one attached hydrogen (secondary N) is 1. The maximum atomic E-state index is 14.2. The van der Waals surface area contributed by atoms with Gasteiger partial charge in [-0.2, -0.15) is 0 Å². The number of aliphatic imine (C=N–C) groups is 1. The molecule has 36 heavy (non-hydrogen) atoms. The summed E-state index contributed by atoms with van der Waals surface area (Å²) in [6.45, 7) is 7.29. The van der Waals surface area contributed by atoms with Crippen LogP contribution in [0.5, 0.6) is 0 Å². The van der Waals surface area contributed by atoms with E-state index < -0.39 is 17.2 Å². The number of esters is 1. The third-order valence-corrected chi connectivity index (χ3v) is 7.01. The average molecular weight is 495 g/mol. The zero-order valence-electron chi connectivity index (χ0n) is 21.4. The first-order valence-corrected chi connectivity index (χ1v) is 12.6. The number of aliphatic hydroxyl groups is 1. The van der Waals surface area contributed by atoms with Crippen molar-refractivity contribution in [2.45, 2.75) is 77.0 Å². The van der Waals surface area contributed by atoms with Gasteiger partial charge in [0.2, 0.25) is 0 Å². The topological polar surface area (TPSA) is 88.0 Å². The van der Waals surface area contributed by atoms with Crippen LogP contribution in [0.4, 0.5) is 4.39 Å². The van der Waals surface area contributed by atoms with Gasteiger partial charge in [0.05, 0.1) is 6.10 Å². The SMILES string of the molecule is CC(C)(C)OC(=O)CC1CCC(C2=N[C@@](C)(c3ccc(-c4ccccc4F)cc3)C(=O)N2)C[C@@H](O)C1. The summed E-state index contributed by atoms with van der Waals surface area (Å²) in [5.41, 5.74) is 0.306. The summed E-state index contributed by atoms with van der Waals surface area (Å²) >= 11 is 0. The first kappa shape index (κ1) is 26.0. The Morgan fingerprint density at radius 1 is 1.14 bits per heavy atom. The molecule has 0 bridgehead atoms. The van der Waals surface area contributed by atoms with E-state index in [4.69, 9.17) is 9.73 Å². The molecule has 1 aliphatic heterocycles. The van der Waals surface area contributed by atoms with E-state index in [1.54, 1.807) is 37.3 Å². The highest BCUT2D eigenvalue weighted by molar-refractivity contribution is 6.09. The van der Waals surface area contributed by atoms with Crippen LogP contribution in [0.3, 0.4) is 0 Å². The molecule has 1 fully saturated rings. The number of ether oxygens (including phenoxy) is 1. The molecule has 192 valence electrons. The highest BCUT2D eigenvalue weighted by atomic mass is 19.1. The summed E-state index contributed by atoms with van der Waals surface area (Å²) in [4.78, 5) is 30.2. The van der Waals surface area contributed by atoms with Gasteiger partial charge in [-0.05, 0) is 76.5 Å².